The first-order valence-electron chi connectivity index (χ1n) is 7.63. The summed E-state index contributed by atoms with van der Waals surface area (Å²) in [6.45, 7) is 10.1. The third kappa shape index (κ3) is 4.43. The van der Waals surface area contributed by atoms with Gasteiger partial charge in [-0.3, -0.25) is 10.1 Å². The highest BCUT2D eigenvalue weighted by atomic mass is 16.6. The molecule has 116 valence electrons. The van der Waals surface area contributed by atoms with Crippen molar-refractivity contribution in [3.63, 3.8) is 0 Å². The fourth-order valence-electron chi connectivity index (χ4n) is 2.89. The van der Waals surface area contributed by atoms with Gasteiger partial charge in [0, 0.05) is 43.0 Å². The van der Waals surface area contributed by atoms with E-state index in [4.69, 9.17) is 0 Å². The molecule has 1 fully saturated rings. The number of hydrogen-bond donors (Lipinski definition) is 1. The molecule has 0 saturated carbocycles. The van der Waals surface area contributed by atoms with Gasteiger partial charge in [0.15, 0.2) is 0 Å². The fourth-order valence-corrected chi connectivity index (χ4v) is 2.89. The summed E-state index contributed by atoms with van der Waals surface area (Å²) in [5, 5.41) is 14.2. The highest BCUT2D eigenvalue weighted by molar-refractivity contribution is 5.50. The molecule has 5 nitrogen and oxygen atoms in total. The van der Waals surface area contributed by atoms with Crippen molar-refractivity contribution in [1.82, 2.24) is 4.90 Å². The van der Waals surface area contributed by atoms with Gasteiger partial charge >= 0.3 is 0 Å². The maximum absolute atomic E-state index is 10.7. The van der Waals surface area contributed by atoms with Crippen LogP contribution < -0.4 is 5.32 Å². The Bertz CT molecular complexity index is 477. The Morgan fingerprint density at radius 1 is 1.29 bits per heavy atom. The molecule has 1 N–H and O–H groups in total. The minimum Gasteiger partial charge on any atom is -0.380 e. The van der Waals surface area contributed by atoms with Gasteiger partial charge < -0.3 is 10.2 Å². The zero-order valence-corrected chi connectivity index (χ0v) is 13.1. The Balaban J connectivity index is 1.92. The van der Waals surface area contributed by atoms with E-state index >= 15 is 0 Å². The molecule has 0 aliphatic carbocycles. The number of nitro benzene ring substituents is 1. The number of likely N-dealkylation sites (tertiary alicyclic amines) is 1. The molecule has 0 bridgehead atoms. The van der Waals surface area contributed by atoms with Crippen LogP contribution >= 0.6 is 0 Å². The zero-order valence-electron chi connectivity index (χ0n) is 13.1. The number of non-ortho nitro benzene ring substituents is 1. The first-order chi connectivity index (χ1) is 9.88. The number of anilines is 1. The number of hydrogen-bond acceptors (Lipinski definition) is 4. The number of rotatable bonds is 5. The Labute approximate surface area is 126 Å². The zero-order chi connectivity index (χ0) is 15.5. The Morgan fingerprint density at radius 3 is 2.33 bits per heavy atom. The van der Waals surface area contributed by atoms with E-state index in [9.17, 15) is 10.1 Å². The minimum absolute atomic E-state index is 0.0730. The van der Waals surface area contributed by atoms with Crippen LogP contribution in [0.25, 0.3) is 0 Å². The van der Waals surface area contributed by atoms with E-state index in [2.05, 4.69) is 31.0 Å². The van der Waals surface area contributed by atoms with Crippen LogP contribution in [0.1, 0.15) is 33.6 Å². The number of nitrogens with one attached hydrogen (secondary N) is 1. The van der Waals surface area contributed by atoms with Crippen molar-refractivity contribution in [2.24, 2.45) is 5.92 Å². The molecule has 0 unspecified atom stereocenters. The predicted octanol–water partition coefficient (Wildman–Crippen LogP) is 3.52. The van der Waals surface area contributed by atoms with Crippen molar-refractivity contribution in [1.29, 1.82) is 0 Å². The summed E-state index contributed by atoms with van der Waals surface area (Å²) in [6, 6.07) is 6.70. The van der Waals surface area contributed by atoms with Crippen molar-refractivity contribution >= 4 is 11.4 Å². The first-order valence-corrected chi connectivity index (χ1v) is 7.63. The molecule has 1 aromatic rings. The first kappa shape index (κ1) is 15.8. The van der Waals surface area contributed by atoms with E-state index in [-0.39, 0.29) is 16.1 Å². The van der Waals surface area contributed by atoms with Gasteiger partial charge in [-0.15, -0.1) is 0 Å². The van der Waals surface area contributed by atoms with Gasteiger partial charge in [-0.1, -0.05) is 13.8 Å². The fraction of sp³-hybridized carbons (Fsp3) is 0.625. The number of nitro groups is 1. The van der Waals surface area contributed by atoms with Crippen molar-refractivity contribution < 1.29 is 4.92 Å². The summed E-state index contributed by atoms with van der Waals surface area (Å²) in [7, 11) is 0. The number of benzene rings is 1. The molecule has 0 spiro atoms. The lowest BCUT2D eigenvalue weighted by Crippen LogP contribution is -2.48. The van der Waals surface area contributed by atoms with Gasteiger partial charge in [-0.2, -0.15) is 0 Å². The van der Waals surface area contributed by atoms with Gasteiger partial charge in [-0.25, -0.2) is 0 Å². The van der Waals surface area contributed by atoms with Crippen molar-refractivity contribution in [3.8, 4) is 0 Å². The highest BCUT2D eigenvalue weighted by Gasteiger charge is 2.30. The van der Waals surface area contributed by atoms with Gasteiger partial charge in [0.1, 0.15) is 0 Å². The van der Waals surface area contributed by atoms with Crippen LogP contribution in [0.15, 0.2) is 24.3 Å². The molecule has 5 heteroatoms. The molecule has 0 amide bonds. The van der Waals surface area contributed by atoms with E-state index in [0.717, 1.165) is 38.2 Å². The highest BCUT2D eigenvalue weighted by Crippen LogP contribution is 2.27. The van der Waals surface area contributed by atoms with Crippen molar-refractivity contribution in [2.75, 3.05) is 25.0 Å². The average Bonchev–Trinajstić information content (AvgIpc) is 2.42. The summed E-state index contributed by atoms with van der Waals surface area (Å²) in [5.74, 6) is 0.706. The van der Waals surface area contributed by atoms with E-state index < -0.39 is 0 Å². The summed E-state index contributed by atoms with van der Waals surface area (Å²) in [6.07, 6.45) is 2.19. The molecule has 2 rings (SSSR count). The predicted molar refractivity (Wildman–Crippen MR) is 85.6 cm³/mol. The van der Waals surface area contributed by atoms with Gasteiger partial charge in [0.05, 0.1) is 4.92 Å². The lowest BCUT2D eigenvalue weighted by molar-refractivity contribution is -0.384. The topological polar surface area (TPSA) is 58.4 Å². The second-order valence-corrected chi connectivity index (χ2v) is 6.68. The van der Waals surface area contributed by atoms with Crippen LogP contribution in [0.2, 0.25) is 0 Å². The lowest BCUT2D eigenvalue weighted by Gasteiger charge is -2.41. The third-order valence-corrected chi connectivity index (χ3v) is 4.11. The Hall–Kier alpha value is -1.62. The maximum Gasteiger partial charge on any atom is 0.269 e. The smallest absolute Gasteiger partial charge is 0.269 e. The maximum atomic E-state index is 10.7. The molecule has 1 aromatic carbocycles. The standard InChI is InChI=1S/C16H25N3O2/c1-13(2)12-18-10-8-16(3,9-11-18)17-14-4-6-15(7-5-14)19(20)21/h4-7,13,17H,8-12H2,1-3H3. The molecule has 0 radical (unpaired) electrons. The van der Waals surface area contributed by atoms with E-state index in [1.165, 1.54) is 0 Å². The molecule has 0 atom stereocenters. The molecular weight excluding hydrogens is 266 g/mol. The lowest BCUT2D eigenvalue weighted by atomic mass is 9.89. The van der Waals surface area contributed by atoms with Gasteiger partial charge in [-0.05, 0) is 37.8 Å². The monoisotopic (exact) mass is 291 g/mol. The number of piperidine rings is 1. The van der Waals surface area contributed by atoms with Crippen molar-refractivity contribution in [3.05, 3.63) is 34.4 Å². The Kier molecular flexibility index (Phi) is 4.83. The second kappa shape index (κ2) is 6.43. The van der Waals surface area contributed by atoms with E-state index in [1.807, 2.05) is 0 Å². The van der Waals surface area contributed by atoms with E-state index in [1.54, 1.807) is 24.3 Å². The van der Waals surface area contributed by atoms with Gasteiger partial charge in [0.25, 0.3) is 5.69 Å². The largest absolute Gasteiger partial charge is 0.380 e. The molecule has 1 aliphatic heterocycles. The SMILES string of the molecule is CC(C)CN1CCC(C)(Nc2ccc([N+](=O)[O-])cc2)CC1. The molecule has 1 aliphatic rings. The summed E-state index contributed by atoms with van der Waals surface area (Å²) < 4.78 is 0. The summed E-state index contributed by atoms with van der Waals surface area (Å²) in [4.78, 5) is 12.8. The van der Waals surface area contributed by atoms with Crippen LogP contribution in [0.3, 0.4) is 0 Å². The van der Waals surface area contributed by atoms with Crippen LogP contribution in [-0.2, 0) is 0 Å². The van der Waals surface area contributed by atoms with E-state index in [0.29, 0.717) is 5.92 Å². The summed E-state index contributed by atoms with van der Waals surface area (Å²) in [5.41, 5.74) is 1.17. The summed E-state index contributed by atoms with van der Waals surface area (Å²) >= 11 is 0. The van der Waals surface area contributed by atoms with Crippen molar-refractivity contribution in [2.45, 2.75) is 39.2 Å². The molecule has 1 saturated heterocycles. The Morgan fingerprint density at radius 2 is 1.86 bits per heavy atom. The average molecular weight is 291 g/mol. The van der Waals surface area contributed by atoms with Gasteiger partial charge in [0.2, 0.25) is 0 Å². The normalized spacial score (nSPS) is 18.7. The molecular formula is C16H25N3O2. The van der Waals surface area contributed by atoms with Crippen LogP contribution in [0.5, 0.6) is 0 Å². The quantitative estimate of drug-likeness (QED) is 0.666. The third-order valence-electron chi connectivity index (χ3n) is 4.11. The molecule has 21 heavy (non-hydrogen) atoms. The minimum atomic E-state index is -0.365. The number of nitrogens with zero attached hydrogens (tertiary/aromatic N) is 2. The van der Waals surface area contributed by atoms with Crippen LogP contribution in [0, 0.1) is 16.0 Å². The van der Waals surface area contributed by atoms with Crippen LogP contribution in [0.4, 0.5) is 11.4 Å². The second-order valence-electron chi connectivity index (χ2n) is 6.68. The molecule has 0 aromatic heterocycles. The van der Waals surface area contributed by atoms with Crippen LogP contribution in [-0.4, -0.2) is 35.0 Å². The molecule has 1 heterocycles.